The number of carboxylic acid groups (broad SMARTS) is 1. The van der Waals surface area contributed by atoms with Crippen molar-refractivity contribution in [3.8, 4) is 0 Å². The Hall–Kier alpha value is -0.570. The van der Waals surface area contributed by atoms with Gasteiger partial charge in [0.05, 0.1) is 0 Å². The predicted octanol–water partition coefficient (Wildman–Crippen LogP) is 2.41. The second-order valence-electron chi connectivity index (χ2n) is 5.78. The van der Waals surface area contributed by atoms with E-state index in [9.17, 15) is 4.79 Å². The average molecular weight is 213 g/mol. The van der Waals surface area contributed by atoms with Crippen molar-refractivity contribution < 1.29 is 9.90 Å². The van der Waals surface area contributed by atoms with E-state index in [4.69, 9.17) is 5.11 Å². The molecule has 0 spiro atoms. The molecule has 0 aromatic rings. The van der Waals surface area contributed by atoms with Crippen LogP contribution in [0, 0.1) is 5.41 Å². The number of carboxylic acids is 1. The Labute approximate surface area is 92.3 Å². The summed E-state index contributed by atoms with van der Waals surface area (Å²) < 4.78 is 0. The maximum atomic E-state index is 10.8. The van der Waals surface area contributed by atoms with Gasteiger partial charge in [0.25, 0.3) is 0 Å². The number of piperidine rings is 1. The van der Waals surface area contributed by atoms with E-state index in [0.29, 0.717) is 11.5 Å². The Morgan fingerprint density at radius 3 is 2.60 bits per heavy atom. The van der Waals surface area contributed by atoms with E-state index >= 15 is 0 Å². The van der Waals surface area contributed by atoms with E-state index in [1.165, 1.54) is 0 Å². The molecule has 0 saturated carbocycles. The molecule has 1 aliphatic heterocycles. The molecule has 0 radical (unpaired) electrons. The summed E-state index contributed by atoms with van der Waals surface area (Å²) >= 11 is 0. The third-order valence-electron chi connectivity index (χ3n) is 3.02. The van der Waals surface area contributed by atoms with Gasteiger partial charge in [0.15, 0.2) is 0 Å². The lowest BCUT2D eigenvalue weighted by atomic mass is 9.86. The van der Waals surface area contributed by atoms with Gasteiger partial charge in [-0.05, 0) is 37.5 Å². The van der Waals surface area contributed by atoms with Crippen LogP contribution in [-0.2, 0) is 4.79 Å². The predicted molar refractivity (Wildman–Crippen MR) is 60.9 cm³/mol. The van der Waals surface area contributed by atoms with E-state index in [0.717, 1.165) is 32.1 Å². The molecule has 3 nitrogen and oxygen atoms in total. The molecule has 1 rings (SSSR count). The highest BCUT2D eigenvalue weighted by Gasteiger charge is 2.26. The van der Waals surface area contributed by atoms with Crippen LogP contribution in [0.2, 0.25) is 0 Å². The third-order valence-corrected chi connectivity index (χ3v) is 3.02. The lowest BCUT2D eigenvalue weighted by molar-refractivity contribution is -0.140. The van der Waals surface area contributed by atoms with E-state index in [1.807, 2.05) is 0 Å². The highest BCUT2D eigenvalue weighted by atomic mass is 16.4. The van der Waals surface area contributed by atoms with E-state index in [-0.39, 0.29) is 6.04 Å². The van der Waals surface area contributed by atoms with E-state index in [1.54, 1.807) is 0 Å². The minimum Gasteiger partial charge on any atom is -0.480 e. The number of rotatable bonds is 3. The van der Waals surface area contributed by atoms with Crippen LogP contribution in [0.1, 0.15) is 52.9 Å². The minimum absolute atomic E-state index is 0.316. The Bertz CT molecular complexity index is 220. The van der Waals surface area contributed by atoms with Crippen molar-refractivity contribution in [2.75, 3.05) is 0 Å². The van der Waals surface area contributed by atoms with Crippen molar-refractivity contribution in [3.63, 3.8) is 0 Å². The molecule has 0 aliphatic carbocycles. The highest BCUT2D eigenvalue weighted by Crippen LogP contribution is 2.24. The molecule has 0 aromatic heterocycles. The monoisotopic (exact) mass is 213 g/mol. The van der Waals surface area contributed by atoms with Crippen LogP contribution in [0.15, 0.2) is 0 Å². The standard InChI is InChI=1S/C12H23NO2/c1-12(2,3)8-7-9-5-4-6-10(13-9)11(14)15/h9-10,13H,4-8H2,1-3H3,(H,14,15). The van der Waals surface area contributed by atoms with Gasteiger partial charge < -0.3 is 10.4 Å². The highest BCUT2D eigenvalue weighted by molar-refractivity contribution is 5.73. The lowest BCUT2D eigenvalue weighted by Crippen LogP contribution is -2.46. The maximum absolute atomic E-state index is 10.8. The first-order chi connectivity index (χ1) is 6.88. The molecule has 2 unspecified atom stereocenters. The van der Waals surface area contributed by atoms with E-state index < -0.39 is 5.97 Å². The molecule has 0 aromatic carbocycles. The number of aliphatic carboxylic acids is 1. The Morgan fingerprint density at radius 1 is 1.40 bits per heavy atom. The van der Waals surface area contributed by atoms with Crippen molar-refractivity contribution in [3.05, 3.63) is 0 Å². The van der Waals surface area contributed by atoms with Crippen molar-refractivity contribution in [2.45, 2.75) is 65.0 Å². The molecular weight excluding hydrogens is 190 g/mol. The van der Waals surface area contributed by atoms with Gasteiger partial charge in [-0.2, -0.15) is 0 Å². The van der Waals surface area contributed by atoms with Crippen LogP contribution >= 0.6 is 0 Å². The molecule has 1 heterocycles. The van der Waals surface area contributed by atoms with Gasteiger partial charge >= 0.3 is 5.97 Å². The number of hydrogen-bond donors (Lipinski definition) is 2. The minimum atomic E-state index is -0.699. The van der Waals surface area contributed by atoms with Crippen LogP contribution in [0.25, 0.3) is 0 Å². The van der Waals surface area contributed by atoms with Crippen LogP contribution in [0.3, 0.4) is 0 Å². The third kappa shape index (κ3) is 4.65. The van der Waals surface area contributed by atoms with Crippen molar-refractivity contribution in [1.82, 2.24) is 5.32 Å². The lowest BCUT2D eigenvalue weighted by Gasteiger charge is -2.30. The molecule has 1 aliphatic rings. The largest absolute Gasteiger partial charge is 0.480 e. The average Bonchev–Trinajstić information content (AvgIpc) is 2.14. The first-order valence-corrected chi connectivity index (χ1v) is 5.87. The normalized spacial score (nSPS) is 27.7. The van der Waals surface area contributed by atoms with Crippen LogP contribution in [0.4, 0.5) is 0 Å². The molecule has 2 N–H and O–H groups in total. The second kappa shape index (κ2) is 4.97. The fourth-order valence-electron chi connectivity index (χ4n) is 2.05. The van der Waals surface area contributed by atoms with Gasteiger partial charge in [-0.15, -0.1) is 0 Å². The molecule has 0 bridgehead atoms. The van der Waals surface area contributed by atoms with Gasteiger partial charge in [-0.1, -0.05) is 20.8 Å². The number of carbonyl (C=O) groups is 1. The summed E-state index contributed by atoms with van der Waals surface area (Å²) in [5.74, 6) is -0.699. The van der Waals surface area contributed by atoms with Gasteiger partial charge in [-0.3, -0.25) is 4.79 Å². The fourth-order valence-corrected chi connectivity index (χ4v) is 2.05. The zero-order chi connectivity index (χ0) is 11.5. The van der Waals surface area contributed by atoms with Crippen molar-refractivity contribution >= 4 is 5.97 Å². The summed E-state index contributed by atoms with van der Waals surface area (Å²) in [4.78, 5) is 10.8. The summed E-state index contributed by atoms with van der Waals surface area (Å²) in [6, 6.07) is 0.0859. The summed E-state index contributed by atoms with van der Waals surface area (Å²) in [6.07, 6.45) is 5.18. The molecule has 88 valence electrons. The molecule has 1 saturated heterocycles. The van der Waals surface area contributed by atoms with E-state index in [2.05, 4.69) is 26.1 Å². The van der Waals surface area contributed by atoms with Gasteiger partial charge in [-0.25, -0.2) is 0 Å². The number of hydrogen-bond acceptors (Lipinski definition) is 2. The summed E-state index contributed by atoms with van der Waals surface area (Å²) in [5.41, 5.74) is 0.345. The van der Waals surface area contributed by atoms with Crippen LogP contribution in [0.5, 0.6) is 0 Å². The van der Waals surface area contributed by atoms with Crippen molar-refractivity contribution in [1.29, 1.82) is 0 Å². The fraction of sp³-hybridized carbons (Fsp3) is 0.917. The zero-order valence-electron chi connectivity index (χ0n) is 10.0. The first-order valence-electron chi connectivity index (χ1n) is 5.87. The summed E-state index contributed by atoms with van der Waals surface area (Å²) in [5, 5.41) is 12.1. The first kappa shape index (κ1) is 12.5. The topological polar surface area (TPSA) is 49.3 Å². The van der Waals surface area contributed by atoms with Crippen LogP contribution in [-0.4, -0.2) is 23.2 Å². The Balaban J connectivity index is 2.34. The molecule has 3 heteroatoms. The zero-order valence-corrected chi connectivity index (χ0v) is 10.0. The molecule has 0 amide bonds. The Morgan fingerprint density at radius 2 is 2.07 bits per heavy atom. The van der Waals surface area contributed by atoms with Gasteiger partial charge in [0, 0.05) is 6.04 Å². The Kier molecular flexibility index (Phi) is 4.14. The second-order valence-corrected chi connectivity index (χ2v) is 5.78. The molecular formula is C12H23NO2. The maximum Gasteiger partial charge on any atom is 0.320 e. The summed E-state index contributed by atoms with van der Waals surface area (Å²) in [7, 11) is 0. The summed E-state index contributed by atoms with van der Waals surface area (Å²) in [6.45, 7) is 6.68. The SMILES string of the molecule is CC(C)(C)CCC1CCCC(C(=O)O)N1. The van der Waals surface area contributed by atoms with Gasteiger partial charge in [0.1, 0.15) is 6.04 Å². The molecule has 15 heavy (non-hydrogen) atoms. The molecule has 1 fully saturated rings. The quantitative estimate of drug-likeness (QED) is 0.757. The van der Waals surface area contributed by atoms with Crippen LogP contribution < -0.4 is 5.32 Å². The van der Waals surface area contributed by atoms with Crippen molar-refractivity contribution in [2.24, 2.45) is 5.41 Å². The number of nitrogens with one attached hydrogen (secondary N) is 1. The molecule has 2 atom stereocenters. The smallest absolute Gasteiger partial charge is 0.320 e. The van der Waals surface area contributed by atoms with Gasteiger partial charge in [0.2, 0.25) is 0 Å².